The van der Waals surface area contributed by atoms with E-state index in [4.69, 9.17) is 14.6 Å². The number of carbonyl (C=O) groups is 2. The molecule has 170 valence electrons. The molecule has 3 aromatic carbocycles. The van der Waals surface area contributed by atoms with E-state index < -0.39 is 12.0 Å². The van der Waals surface area contributed by atoms with Crippen molar-refractivity contribution >= 4 is 39.8 Å². The maximum Gasteiger partial charge on any atom is 0.339 e. The lowest BCUT2D eigenvalue weighted by atomic mass is 10.1. The number of carbonyl (C=O) groups excluding carboxylic acids is 1. The van der Waals surface area contributed by atoms with Crippen molar-refractivity contribution in [2.75, 3.05) is 12.4 Å². The lowest BCUT2D eigenvalue weighted by Crippen LogP contribution is -2.24. The second kappa shape index (κ2) is 11.1. The molecular weight excluding hydrogens is 490 g/mol. The van der Waals surface area contributed by atoms with Crippen LogP contribution in [0.1, 0.15) is 27.0 Å². The molecule has 0 saturated heterocycles. The van der Waals surface area contributed by atoms with Crippen LogP contribution >= 0.6 is 15.9 Å². The first-order valence-electron chi connectivity index (χ1n) is 9.85. The molecule has 3 aromatic rings. The number of carboxylic acid groups (broad SMARTS) is 1. The molecule has 0 atom stereocenters. The van der Waals surface area contributed by atoms with Crippen LogP contribution in [0.15, 0.2) is 70.2 Å². The van der Waals surface area contributed by atoms with Crippen LogP contribution in [0.2, 0.25) is 0 Å². The highest BCUT2D eigenvalue weighted by Gasteiger charge is 2.12. The summed E-state index contributed by atoms with van der Waals surface area (Å²) in [6.07, 6.45) is 1.48. The normalized spacial score (nSPS) is 10.6. The second-order valence-electron chi connectivity index (χ2n) is 6.97. The number of ether oxygens (including phenoxy) is 2. The van der Waals surface area contributed by atoms with Gasteiger partial charge in [-0.25, -0.2) is 15.0 Å². The Labute approximate surface area is 199 Å². The van der Waals surface area contributed by atoms with Gasteiger partial charge >= 0.3 is 12.0 Å². The molecule has 8 nitrogen and oxygen atoms in total. The maximum atomic E-state index is 12.1. The number of halogens is 1. The number of hydrogen-bond donors (Lipinski definition) is 3. The molecule has 0 heterocycles. The molecule has 33 heavy (non-hydrogen) atoms. The van der Waals surface area contributed by atoms with E-state index in [0.717, 1.165) is 5.56 Å². The van der Waals surface area contributed by atoms with Crippen LogP contribution in [0, 0.1) is 6.92 Å². The summed E-state index contributed by atoms with van der Waals surface area (Å²) in [5.41, 5.74) is 5.62. The number of benzene rings is 3. The highest BCUT2D eigenvalue weighted by molar-refractivity contribution is 9.10. The standard InChI is InChI=1S/C24H22BrN3O5/c1-15-6-3-4-9-20(15)27-24(31)28-26-13-17-11-19(25)22(21(12-17)32-2)33-14-16-7-5-8-18(10-16)23(29)30/h3-13H,14H2,1-2H3,(H,29,30)(H2,27,28,31). The molecule has 0 radical (unpaired) electrons. The minimum absolute atomic E-state index is 0.157. The molecule has 0 unspecified atom stereocenters. The van der Waals surface area contributed by atoms with Gasteiger partial charge in [0, 0.05) is 5.69 Å². The van der Waals surface area contributed by atoms with E-state index in [1.807, 2.05) is 25.1 Å². The van der Waals surface area contributed by atoms with Crippen molar-refractivity contribution in [3.05, 3.63) is 87.4 Å². The molecule has 0 aromatic heterocycles. The molecule has 0 aliphatic heterocycles. The zero-order valence-corrected chi connectivity index (χ0v) is 19.5. The average Bonchev–Trinajstić information content (AvgIpc) is 2.79. The fraction of sp³-hybridized carbons (Fsp3) is 0.125. The Bertz CT molecular complexity index is 1200. The average molecular weight is 512 g/mol. The summed E-state index contributed by atoms with van der Waals surface area (Å²) in [7, 11) is 1.51. The Balaban J connectivity index is 1.66. The molecule has 3 N–H and O–H groups in total. The second-order valence-corrected chi connectivity index (χ2v) is 7.82. The third-order valence-electron chi connectivity index (χ3n) is 4.58. The molecule has 0 aliphatic rings. The number of amides is 2. The van der Waals surface area contributed by atoms with Gasteiger partial charge in [0.2, 0.25) is 0 Å². The van der Waals surface area contributed by atoms with Gasteiger partial charge < -0.3 is 19.9 Å². The van der Waals surface area contributed by atoms with E-state index in [1.165, 1.54) is 19.4 Å². The van der Waals surface area contributed by atoms with Gasteiger partial charge in [0.05, 0.1) is 23.4 Å². The van der Waals surface area contributed by atoms with Crippen molar-refractivity contribution in [2.24, 2.45) is 5.10 Å². The number of nitrogens with one attached hydrogen (secondary N) is 2. The quantitative estimate of drug-likeness (QED) is 0.284. The summed E-state index contributed by atoms with van der Waals surface area (Å²) in [4.78, 5) is 23.2. The van der Waals surface area contributed by atoms with Gasteiger partial charge in [-0.3, -0.25) is 0 Å². The zero-order valence-electron chi connectivity index (χ0n) is 18.0. The summed E-state index contributed by atoms with van der Waals surface area (Å²) < 4.78 is 11.9. The summed E-state index contributed by atoms with van der Waals surface area (Å²) >= 11 is 3.46. The Morgan fingerprint density at radius 2 is 1.91 bits per heavy atom. The van der Waals surface area contributed by atoms with Crippen molar-refractivity contribution < 1.29 is 24.2 Å². The minimum Gasteiger partial charge on any atom is -0.493 e. The summed E-state index contributed by atoms with van der Waals surface area (Å²) in [6, 6.07) is 16.9. The lowest BCUT2D eigenvalue weighted by Gasteiger charge is -2.14. The third-order valence-corrected chi connectivity index (χ3v) is 5.17. The third kappa shape index (κ3) is 6.56. The van der Waals surface area contributed by atoms with Crippen molar-refractivity contribution in [1.82, 2.24) is 5.43 Å². The molecule has 9 heteroatoms. The largest absolute Gasteiger partial charge is 0.493 e. The van der Waals surface area contributed by atoms with Gasteiger partial charge in [0.25, 0.3) is 0 Å². The van der Waals surface area contributed by atoms with Crippen LogP contribution in [0.25, 0.3) is 0 Å². The molecule has 0 bridgehead atoms. The molecule has 3 rings (SSSR count). The number of aryl methyl sites for hydroxylation is 1. The van der Waals surface area contributed by atoms with Gasteiger partial charge in [0.15, 0.2) is 11.5 Å². The van der Waals surface area contributed by atoms with Crippen molar-refractivity contribution in [1.29, 1.82) is 0 Å². The van der Waals surface area contributed by atoms with Crippen LogP contribution in [-0.2, 0) is 6.61 Å². The van der Waals surface area contributed by atoms with E-state index in [0.29, 0.717) is 32.8 Å². The molecule has 2 amide bonds. The Hall–Kier alpha value is -3.85. The monoisotopic (exact) mass is 511 g/mol. The summed E-state index contributed by atoms with van der Waals surface area (Å²) in [5.74, 6) is -0.0920. The number of rotatable bonds is 8. The van der Waals surface area contributed by atoms with E-state index >= 15 is 0 Å². The van der Waals surface area contributed by atoms with Crippen LogP contribution in [-0.4, -0.2) is 30.4 Å². The first-order chi connectivity index (χ1) is 15.9. The van der Waals surface area contributed by atoms with Crippen molar-refractivity contribution in [2.45, 2.75) is 13.5 Å². The predicted octanol–water partition coefficient (Wildman–Crippen LogP) is 5.20. The van der Waals surface area contributed by atoms with Gasteiger partial charge in [-0.2, -0.15) is 5.10 Å². The lowest BCUT2D eigenvalue weighted by molar-refractivity contribution is 0.0696. The van der Waals surface area contributed by atoms with E-state index in [2.05, 4.69) is 31.8 Å². The fourth-order valence-corrected chi connectivity index (χ4v) is 3.51. The Kier molecular flexibility index (Phi) is 8.04. The van der Waals surface area contributed by atoms with Gasteiger partial charge in [-0.15, -0.1) is 0 Å². The number of nitrogens with zero attached hydrogens (tertiary/aromatic N) is 1. The fourth-order valence-electron chi connectivity index (χ4n) is 2.93. The molecular formula is C24H22BrN3O5. The highest BCUT2D eigenvalue weighted by atomic mass is 79.9. The van der Waals surface area contributed by atoms with Crippen LogP contribution in [0.3, 0.4) is 0 Å². The number of methoxy groups -OCH3 is 1. The van der Waals surface area contributed by atoms with E-state index in [1.54, 1.807) is 36.4 Å². The molecule has 0 aliphatic carbocycles. The minimum atomic E-state index is -1.000. The highest BCUT2D eigenvalue weighted by Crippen LogP contribution is 2.36. The summed E-state index contributed by atoms with van der Waals surface area (Å²) in [5, 5.41) is 15.8. The first-order valence-corrected chi connectivity index (χ1v) is 10.6. The number of aromatic carboxylic acids is 1. The van der Waals surface area contributed by atoms with E-state index in [9.17, 15) is 9.59 Å². The number of anilines is 1. The van der Waals surface area contributed by atoms with Crippen molar-refractivity contribution in [3.63, 3.8) is 0 Å². The van der Waals surface area contributed by atoms with E-state index in [-0.39, 0.29) is 12.2 Å². The van der Waals surface area contributed by atoms with Gasteiger partial charge in [0.1, 0.15) is 6.61 Å². The van der Waals surface area contributed by atoms with Gasteiger partial charge in [-0.05, 0) is 69.9 Å². The summed E-state index contributed by atoms with van der Waals surface area (Å²) in [6.45, 7) is 2.05. The maximum absolute atomic E-state index is 12.1. The van der Waals surface area contributed by atoms with Crippen LogP contribution in [0.5, 0.6) is 11.5 Å². The number of hydrazone groups is 1. The zero-order chi connectivity index (χ0) is 23.8. The Morgan fingerprint density at radius 3 is 2.64 bits per heavy atom. The van der Waals surface area contributed by atoms with Crippen molar-refractivity contribution in [3.8, 4) is 11.5 Å². The van der Waals surface area contributed by atoms with Crippen LogP contribution in [0.4, 0.5) is 10.5 Å². The SMILES string of the molecule is COc1cc(C=NNC(=O)Nc2ccccc2C)cc(Br)c1OCc1cccc(C(=O)O)c1. The topological polar surface area (TPSA) is 109 Å². The Morgan fingerprint density at radius 1 is 1.12 bits per heavy atom. The molecule has 0 spiro atoms. The molecule has 0 fully saturated rings. The number of carboxylic acids is 1. The smallest absolute Gasteiger partial charge is 0.339 e. The number of para-hydroxylation sites is 1. The predicted molar refractivity (Wildman–Crippen MR) is 129 cm³/mol. The van der Waals surface area contributed by atoms with Gasteiger partial charge in [-0.1, -0.05) is 30.3 Å². The first kappa shape index (κ1) is 23.8. The van der Waals surface area contributed by atoms with Crippen LogP contribution < -0.4 is 20.2 Å². The number of urea groups is 1. The number of hydrogen-bond acceptors (Lipinski definition) is 5. The molecule has 0 saturated carbocycles.